The molecular formula is C24H27F3N2O5. The predicted octanol–water partition coefficient (Wildman–Crippen LogP) is 4.38. The summed E-state index contributed by atoms with van der Waals surface area (Å²) in [5.74, 6) is -1.89. The Kier molecular flexibility index (Phi) is 7.38. The topological polar surface area (TPSA) is 97.8 Å². The number of pyridine rings is 1. The number of esters is 1. The zero-order valence-corrected chi connectivity index (χ0v) is 19.1. The highest BCUT2D eigenvalue weighted by Gasteiger charge is 2.43. The number of hydrogen-bond donors (Lipinski definition) is 2. The van der Waals surface area contributed by atoms with Crippen LogP contribution in [0, 0.1) is 0 Å². The number of methoxy groups -OCH3 is 1. The first-order valence-electron chi connectivity index (χ1n) is 10.9. The zero-order valence-electron chi connectivity index (χ0n) is 19.1. The second-order valence-electron chi connectivity index (χ2n) is 8.42. The average Bonchev–Trinajstić information content (AvgIpc) is 3.30. The summed E-state index contributed by atoms with van der Waals surface area (Å²) in [4.78, 5) is 29.1. The Morgan fingerprint density at radius 1 is 1.12 bits per heavy atom. The fourth-order valence-electron chi connectivity index (χ4n) is 4.41. The van der Waals surface area contributed by atoms with Crippen molar-refractivity contribution >= 4 is 11.9 Å². The van der Waals surface area contributed by atoms with Gasteiger partial charge < -0.3 is 19.9 Å². The highest BCUT2D eigenvalue weighted by molar-refractivity contribution is 5.97. The maximum Gasteiger partial charge on any atom is 0.416 e. The van der Waals surface area contributed by atoms with Crippen LogP contribution in [0.25, 0.3) is 0 Å². The highest BCUT2D eigenvalue weighted by Crippen LogP contribution is 2.45. The van der Waals surface area contributed by atoms with E-state index in [0.717, 1.165) is 25.0 Å². The Morgan fingerprint density at radius 3 is 2.29 bits per heavy atom. The van der Waals surface area contributed by atoms with Gasteiger partial charge in [0.05, 0.1) is 12.7 Å². The number of rotatable bonds is 7. The molecule has 1 saturated carbocycles. The molecule has 3 rings (SSSR count). The first-order valence-corrected chi connectivity index (χ1v) is 10.9. The van der Waals surface area contributed by atoms with E-state index in [-0.39, 0.29) is 11.4 Å². The molecule has 10 heteroatoms. The molecular weight excluding hydrogens is 453 g/mol. The Morgan fingerprint density at radius 2 is 1.74 bits per heavy atom. The SMILES string of the molecule is COc1ccnc(C(=O)N[C@@H](C)C(=O)OC(C)C2(c3ccc(C(F)(F)F)cc3)CCCC2)c1O. The van der Waals surface area contributed by atoms with Crippen molar-refractivity contribution in [2.75, 3.05) is 7.11 Å². The lowest BCUT2D eigenvalue weighted by atomic mass is 9.74. The lowest BCUT2D eigenvalue weighted by Crippen LogP contribution is -2.45. The van der Waals surface area contributed by atoms with Gasteiger partial charge in [-0.3, -0.25) is 4.79 Å². The van der Waals surface area contributed by atoms with E-state index in [1.165, 1.54) is 38.4 Å². The molecule has 0 aliphatic heterocycles. The number of carbonyl (C=O) groups is 2. The van der Waals surface area contributed by atoms with Crippen LogP contribution >= 0.6 is 0 Å². The van der Waals surface area contributed by atoms with E-state index in [9.17, 15) is 27.9 Å². The van der Waals surface area contributed by atoms with Gasteiger partial charge >= 0.3 is 12.1 Å². The standard InChI is InChI=1S/C24H27F3N2O5/c1-14(29-21(31)19-20(30)18(33-3)10-13-28-19)22(32)34-15(2)23(11-4-5-12-23)16-6-8-17(9-7-16)24(25,26)27/h6-10,13-15,30H,4-5,11-12H2,1-3H3,(H,29,31)/t14-,15?/m0/s1. The molecule has 0 bridgehead atoms. The minimum absolute atomic E-state index is 0.0590. The third-order valence-electron chi connectivity index (χ3n) is 6.38. The van der Waals surface area contributed by atoms with Gasteiger partial charge in [0.15, 0.2) is 17.2 Å². The van der Waals surface area contributed by atoms with E-state index in [0.29, 0.717) is 18.4 Å². The Bertz CT molecular complexity index is 1030. The summed E-state index contributed by atoms with van der Waals surface area (Å²) in [5, 5.41) is 12.5. The number of aromatic nitrogens is 1. The number of halogens is 3. The van der Waals surface area contributed by atoms with Crippen molar-refractivity contribution in [1.82, 2.24) is 10.3 Å². The van der Waals surface area contributed by atoms with E-state index in [1.54, 1.807) is 6.92 Å². The number of ether oxygens (including phenoxy) is 2. The van der Waals surface area contributed by atoms with Crippen LogP contribution in [0.5, 0.6) is 11.5 Å². The molecule has 1 aromatic carbocycles. The van der Waals surface area contributed by atoms with E-state index >= 15 is 0 Å². The van der Waals surface area contributed by atoms with Crippen molar-refractivity contribution in [2.24, 2.45) is 0 Å². The Hall–Kier alpha value is -3.30. The number of nitrogens with zero attached hydrogens (tertiary/aromatic N) is 1. The first-order chi connectivity index (χ1) is 16.0. The minimum atomic E-state index is -4.43. The summed E-state index contributed by atoms with van der Waals surface area (Å²) in [6.45, 7) is 3.15. The van der Waals surface area contributed by atoms with Crippen LogP contribution in [0.1, 0.15) is 61.1 Å². The summed E-state index contributed by atoms with van der Waals surface area (Å²) in [7, 11) is 1.33. The van der Waals surface area contributed by atoms with E-state index < -0.39 is 46.9 Å². The summed E-state index contributed by atoms with van der Waals surface area (Å²) >= 11 is 0. The lowest BCUT2D eigenvalue weighted by Gasteiger charge is -2.36. The molecule has 1 unspecified atom stereocenters. The lowest BCUT2D eigenvalue weighted by molar-refractivity contribution is -0.153. The molecule has 1 amide bonds. The van der Waals surface area contributed by atoms with Gasteiger partial charge in [0.1, 0.15) is 12.1 Å². The monoisotopic (exact) mass is 480 g/mol. The minimum Gasteiger partial charge on any atom is -0.503 e. The number of hydrogen-bond acceptors (Lipinski definition) is 6. The van der Waals surface area contributed by atoms with Gasteiger partial charge in [0.2, 0.25) is 0 Å². The molecule has 34 heavy (non-hydrogen) atoms. The molecule has 2 aromatic rings. The van der Waals surface area contributed by atoms with Gasteiger partial charge in [-0.25, -0.2) is 9.78 Å². The van der Waals surface area contributed by atoms with E-state index in [4.69, 9.17) is 9.47 Å². The molecule has 2 N–H and O–H groups in total. The number of carbonyl (C=O) groups excluding carboxylic acids is 2. The molecule has 0 spiro atoms. The number of nitrogens with one attached hydrogen (secondary N) is 1. The van der Waals surface area contributed by atoms with Gasteiger partial charge in [-0.2, -0.15) is 13.2 Å². The molecule has 1 heterocycles. The van der Waals surface area contributed by atoms with Crippen LogP contribution in [0.15, 0.2) is 36.5 Å². The van der Waals surface area contributed by atoms with Crippen LogP contribution < -0.4 is 10.1 Å². The predicted molar refractivity (Wildman–Crippen MR) is 117 cm³/mol. The highest BCUT2D eigenvalue weighted by atomic mass is 19.4. The number of benzene rings is 1. The maximum absolute atomic E-state index is 13.0. The third kappa shape index (κ3) is 5.10. The molecule has 0 saturated heterocycles. The van der Waals surface area contributed by atoms with E-state index in [1.807, 2.05) is 0 Å². The number of aromatic hydroxyl groups is 1. The van der Waals surface area contributed by atoms with Crippen LogP contribution in [0.3, 0.4) is 0 Å². The molecule has 0 radical (unpaired) electrons. The van der Waals surface area contributed by atoms with Crippen molar-refractivity contribution in [3.63, 3.8) is 0 Å². The van der Waals surface area contributed by atoms with Gasteiger partial charge in [0, 0.05) is 17.7 Å². The van der Waals surface area contributed by atoms with Crippen LogP contribution in [0.2, 0.25) is 0 Å². The van der Waals surface area contributed by atoms with Crippen molar-refractivity contribution in [3.05, 3.63) is 53.3 Å². The number of alkyl halides is 3. The van der Waals surface area contributed by atoms with Crippen LogP contribution in [0.4, 0.5) is 13.2 Å². The van der Waals surface area contributed by atoms with Gasteiger partial charge in [-0.05, 0) is 44.4 Å². The normalized spacial score (nSPS) is 17.0. The first kappa shape index (κ1) is 25.3. The molecule has 7 nitrogen and oxygen atoms in total. The van der Waals surface area contributed by atoms with Crippen molar-refractivity contribution in [3.8, 4) is 11.5 Å². The molecule has 2 atom stereocenters. The second-order valence-corrected chi connectivity index (χ2v) is 8.42. The molecule has 1 aromatic heterocycles. The smallest absolute Gasteiger partial charge is 0.416 e. The third-order valence-corrected chi connectivity index (χ3v) is 6.38. The Balaban J connectivity index is 1.72. The largest absolute Gasteiger partial charge is 0.503 e. The van der Waals surface area contributed by atoms with Crippen LogP contribution in [-0.4, -0.2) is 41.2 Å². The molecule has 1 fully saturated rings. The van der Waals surface area contributed by atoms with Crippen molar-refractivity contribution in [1.29, 1.82) is 0 Å². The summed E-state index contributed by atoms with van der Waals surface area (Å²) in [6, 6.07) is 5.30. The summed E-state index contributed by atoms with van der Waals surface area (Å²) in [6.07, 6.45) is -0.746. The maximum atomic E-state index is 13.0. The average molecular weight is 480 g/mol. The number of amides is 1. The summed E-state index contributed by atoms with van der Waals surface area (Å²) < 4.78 is 49.6. The molecule has 1 aliphatic carbocycles. The van der Waals surface area contributed by atoms with Crippen LogP contribution in [-0.2, 0) is 21.1 Å². The van der Waals surface area contributed by atoms with E-state index in [2.05, 4.69) is 10.3 Å². The molecule has 1 aliphatic rings. The second kappa shape index (κ2) is 9.90. The zero-order chi connectivity index (χ0) is 25.1. The van der Waals surface area contributed by atoms with Gasteiger partial charge in [0.25, 0.3) is 5.91 Å². The van der Waals surface area contributed by atoms with Crippen molar-refractivity contribution < 1.29 is 37.3 Å². The fourth-order valence-corrected chi connectivity index (χ4v) is 4.41. The fraction of sp³-hybridized carbons (Fsp3) is 0.458. The van der Waals surface area contributed by atoms with Crippen molar-refractivity contribution in [2.45, 2.75) is 63.3 Å². The Labute approximate surface area is 195 Å². The quantitative estimate of drug-likeness (QED) is 0.571. The van der Waals surface area contributed by atoms with Gasteiger partial charge in [-0.15, -0.1) is 0 Å². The summed E-state index contributed by atoms with van der Waals surface area (Å²) in [5.41, 5.74) is -0.972. The molecule has 184 valence electrons. The van der Waals surface area contributed by atoms with Gasteiger partial charge in [-0.1, -0.05) is 25.0 Å².